The van der Waals surface area contributed by atoms with Crippen LogP contribution in [-0.4, -0.2) is 25.8 Å². The first-order chi connectivity index (χ1) is 7.27. The minimum Gasteiger partial charge on any atom is -0.341 e. The summed E-state index contributed by atoms with van der Waals surface area (Å²) in [5.41, 5.74) is 0.789. The van der Waals surface area contributed by atoms with Crippen LogP contribution in [0.3, 0.4) is 0 Å². The third-order valence-corrected chi connectivity index (χ3v) is 1.95. The fraction of sp³-hybridized carbons (Fsp3) is 0.273. The number of nitrogens with one attached hydrogen (secondary N) is 2. The second kappa shape index (κ2) is 5.93. The number of benzene rings is 1. The summed E-state index contributed by atoms with van der Waals surface area (Å²) in [6, 6.07) is 8.57. The number of aldehydes is 1. The van der Waals surface area contributed by atoms with Gasteiger partial charge in [0.25, 0.3) is 0 Å². The normalized spacial score (nSPS) is 11.8. The maximum absolute atomic E-state index is 11.3. The zero-order valence-electron chi connectivity index (χ0n) is 8.57. The van der Waals surface area contributed by atoms with Crippen LogP contribution >= 0.6 is 0 Å². The van der Waals surface area contributed by atoms with Crippen molar-refractivity contribution in [2.45, 2.75) is 6.04 Å². The first-order valence-corrected chi connectivity index (χ1v) is 4.72. The molecule has 0 aliphatic heterocycles. The van der Waals surface area contributed by atoms with Crippen LogP contribution < -0.4 is 10.6 Å². The summed E-state index contributed by atoms with van der Waals surface area (Å²) >= 11 is 0. The summed E-state index contributed by atoms with van der Waals surface area (Å²) in [5, 5.41) is 5.33. The van der Waals surface area contributed by atoms with Gasteiger partial charge in [0.05, 0.1) is 6.54 Å². The predicted molar refractivity (Wildman–Crippen MR) is 57.3 cm³/mol. The highest BCUT2D eigenvalue weighted by molar-refractivity contribution is 5.81. The lowest BCUT2D eigenvalue weighted by Crippen LogP contribution is -2.35. The first kappa shape index (κ1) is 11.4. The lowest BCUT2D eigenvalue weighted by molar-refractivity contribution is -0.123. The highest BCUT2D eigenvalue weighted by Gasteiger charge is 2.11. The van der Waals surface area contributed by atoms with E-state index in [-0.39, 0.29) is 12.5 Å². The van der Waals surface area contributed by atoms with Gasteiger partial charge in [0.2, 0.25) is 5.91 Å². The molecule has 1 rings (SSSR count). The van der Waals surface area contributed by atoms with Crippen LogP contribution in [0.1, 0.15) is 11.6 Å². The van der Waals surface area contributed by atoms with Gasteiger partial charge < -0.3 is 15.4 Å². The molecule has 0 heterocycles. The zero-order chi connectivity index (χ0) is 11.1. The van der Waals surface area contributed by atoms with Crippen molar-refractivity contribution in [2.75, 3.05) is 13.6 Å². The van der Waals surface area contributed by atoms with E-state index in [1.807, 2.05) is 18.2 Å². The number of carbonyl (C=O) groups is 2. The van der Waals surface area contributed by atoms with Crippen LogP contribution in [0, 0.1) is 0 Å². The van der Waals surface area contributed by atoms with Crippen molar-refractivity contribution in [3.8, 4) is 0 Å². The van der Waals surface area contributed by atoms with Crippen molar-refractivity contribution >= 4 is 12.2 Å². The molecular weight excluding hydrogens is 192 g/mol. The molecule has 1 aromatic carbocycles. The van der Waals surface area contributed by atoms with Crippen molar-refractivity contribution in [3.63, 3.8) is 0 Å². The zero-order valence-corrected chi connectivity index (χ0v) is 8.57. The molecule has 15 heavy (non-hydrogen) atoms. The average molecular weight is 206 g/mol. The fourth-order valence-corrected chi connectivity index (χ4v) is 1.24. The van der Waals surface area contributed by atoms with Gasteiger partial charge >= 0.3 is 0 Å². The van der Waals surface area contributed by atoms with E-state index in [0.717, 1.165) is 11.8 Å². The van der Waals surface area contributed by atoms with Gasteiger partial charge in [-0.2, -0.15) is 0 Å². The monoisotopic (exact) mass is 206 g/mol. The van der Waals surface area contributed by atoms with Crippen LogP contribution in [0.15, 0.2) is 30.3 Å². The number of carbonyl (C=O) groups excluding carboxylic acids is 2. The largest absolute Gasteiger partial charge is 0.341 e. The van der Waals surface area contributed by atoms with Crippen LogP contribution in [0.25, 0.3) is 0 Å². The molecule has 80 valence electrons. The van der Waals surface area contributed by atoms with Crippen LogP contribution in [0.5, 0.6) is 0 Å². The smallest absolute Gasteiger partial charge is 0.234 e. The molecule has 0 spiro atoms. The molecule has 1 amide bonds. The number of hydrogen-bond acceptors (Lipinski definition) is 3. The molecule has 1 aromatic rings. The molecule has 0 aliphatic rings. The standard InChI is InChI=1S/C11H14N2O2/c1-12-7-11(15)13-10(8-14)9-5-3-2-4-6-9/h2-6,8,10,12H,7H2,1H3,(H,13,15). The quantitative estimate of drug-likeness (QED) is 0.679. The lowest BCUT2D eigenvalue weighted by Gasteiger charge is -2.12. The molecule has 1 atom stereocenters. The van der Waals surface area contributed by atoms with E-state index in [4.69, 9.17) is 0 Å². The average Bonchev–Trinajstić information content (AvgIpc) is 2.27. The molecule has 4 nitrogen and oxygen atoms in total. The van der Waals surface area contributed by atoms with Crippen LogP contribution in [-0.2, 0) is 9.59 Å². The summed E-state index contributed by atoms with van der Waals surface area (Å²) in [6.45, 7) is 0.206. The molecule has 1 unspecified atom stereocenters. The molecule has 0 fully saturated rings. The van der Waals surface area contributed by atoms with Gasteiger partial charge in [-0.1, -0.05) is 30.3 Å². The summed E-state index contributed by atoms with van der Waals surface area (Å²) in [7, 11) is 1.68. The minimum absolute atomic E-state index is 0.196. The topological polar surface area (TPSA) is 58.2 Å². The number of rotatable bonds is 5. The Hall–Kier alpha value is -1.68. The lowest BCUT2D eigenvalue weighted by atomic mass is 10.1. The van der Waals surface area contributed by atoms with E-state index < -0.39 is 6.04 Å². The van der Waals surface area contributed by atoms with Crippen LogP contribution in [0.2, 0.25) is 0 Å². The van der Waals surface area contributed by atoms with Crippen molar-refractivity contribution in [3.05, 3.63) is 35.9 Å². The van der Waals surface area contributed by atoms with Gasteiger partial charge in [-0.3, -0.25) is 4.79 Å². The van der Waals surface area contributed by atoms with E-state index in [0.29, 0.717) is 0 Å². The van der Waals surface area contributed by atoms with Gasteiger partial charge in [0.15, 0.2) is 0 Å². The molecule has 0 radical (unpaired) electrons. The van der Waals surface area contributed by atoms with Gasteiger partial charge in [0.1, 0.15) is 12.3 Å². The summed E-state index contributed by atoms with van der Waals surface area (Å²) in [5.74, 6) is -0.196. The third-order valence-electron chi connectivity index (χ3n) is 1.95. The number of likely N-dealkylation sites (N-methyl/N-ethyl adjacent to an activating group) is 1. The SMILES string of the molecule is CNCC(=O)NC(C=O)c1ccccc1. The Labute approximate surface area is 88.7 Å². The number of amides is 1. The molecular formula is C11H14N2O2. The maximum atomic E-state index is 11.3. The van der Waals surface area contributed by atoms with E-state index in [2.05, 4.69) is 10.6 Å². The Morgan fingerprint density at radius 1 is 1.40 bits per heavy atom. The van der Waals surface area contributed by atoms with E-state index in [9.17, 15) is 9.59 Å². The number of hydrogen-bond donors (Lipinski definition) is 2. The van der Waals surface area contributed by atoms with E-state index in [1.165, 1.54) is 0 Å². The van der Waals surface area contributed by atoms with E-state index >= 15 is 0 Å². The van der Waals surface area contributed by atoms with Crippen LogP contribution in [0.4, 0.5) is 0 Å². The molecule has 0 saturated heterocycles. The van der Waals surface area contributed by atoms with Gasteiger partial charge in [0, 0.05) is 0 Å². The molecule has 2 N–H and O–H groups in total. The summed E-state index contributed by atoms with van der Waals surface area (Å²) in [6.07, 6.45) is 0.725. The van der Waals surface area contributed by atoms with E-state index in [1.54, 1.807) is 19.2 Å². The van der Waals surface area contributed by atoms with Gasteiger partial charge in [-0.15, -0.1) is 0 Å². The Bertz CT molecular complexity index is 325. The fourth-order valence-electron chi connectivity index (χ4n) is 1.24. The van der Waals surface area contributed by atoms with Crippen molar-refractivity contribution in [1.29, 1.82) is 0 Å². The predicted octanol–water partition coefficient (Wildman–Crippen LogP) is 0.262. The highest BCUT2D eigenvalue weighted by atomic mass is 16.2. The Morgan fingerprint density at radius 2 is 2.07 bits per heavy atom. The van der Waals surface area contributed by atoms with Gasteiger partial charge in [-0.25, -0.2) is 0 Å². The molecule has 0 aromatic heterocycles. The van der Waals surface area contributed by atoms with Crippen molar-refractivity contribution in [2.24, 2.45) is 0 Å². The maximum Gasteiger partial charge on any atom is 0.234 e. The second-order valence-corrected chi connectivity index (χ2v) is 3.12. The minimum atomic E-state index is -0.563. The Morgan fingerprint density at radius 3 is 2.60 bits per heavy atom. The van der Waals surface area contributed by atoms with Crippen molar-refractivity contribution < 1.29 is 9.59 Å². The molecule has 0 bridgehead atoms. The Balaban J connectivity index is 2.65. The summed E-state index contributed by atoms with van der Waals surface area (Å²) < 4.78 is 0. The first-order valence-electron chi connectivity index (χ1n) is 4.72. The highest BCUT2D eigenvalue weighted by Crippen LogP contribution is 2.08. The van der Waals surface area contributed by atoms with Crippen molar-refractivity contribution in [1.82, 2.24) is 10.6 Å². The Kier molecular flexibility index (Phi) is 4.50. The second-order valence-electron chi connectivity index (χ2n) is 3.12. The van der Waals surface area contributed by atoms with Gasteiger partial charge in [-0.05, 0) is 12.6 Å². The molecule has 0 saturated carbocycles. The molecule has 4 heteroatoms. The molecule has 0 aliphatic carbocycles. The third kappa shape index (κ3) is 3.52. The summed E-state index contributed by atoms with van der Waals surface area (Å²) in [4.78, 5) is 22.1.